The average Bonchev–Trinajstić information content (AvgIpc) is 3.15. The molecular formula is C21H23N5O2S. The van der Waals surface area contributed by atoms with Gasteiger partial charge in [-0.15, -0.1) is 0 Å². The summed E-state index contributed by atoms with van der Waals surface area (Å²) < 4.78 is 0. The van der Waals surface area contributed by atoms with Crippen LogP contribution in [0.3, 0.4) is 0 Å². The summed E-state index contributed by atoms with van der Waals surface area (Å²) in [6.07, 6.45) is 6.84. The number of carbonyl (C=O) groups is 1. The molecule has 7 nitrogen and oxygen atoms in total. The fourth-order valence-electron chi connectivity index (χ4n) is 3.83. The van der Waals surface area contributed by atoms with Gasteiger partial charge >= 0.3 is 5.69 Å². The van der Waals surface area contributed by atoms with Gasteiger partial charge in [-0.05, 0) is 31.0 Å². The molecule has 1 aliphatic carbocycles. The number of carbonyl (C=O) groups excluding carboxylic acids is 1. The van der Waals surface area contributed by atoms with Crippen molar-refractivity contribution in [2.45, 2.75) is 32.1 Å². The van der Waals surface area contributed by atoms with E-state index in [1.807, 2.05) is 31.3 Å². The van der Waals surface area contributed by atoms with E-state index in [0.717, 1.165) is 41.8 Å². The van der Waals surface area contributed by atoms with Crippen molar-refractivity contribution in [3.05, 3.63) is 47.0 Å². The van der Waals surface area contributed by atoms with Gasteiger partial charge < -0.3 is 15.6 Å². The Kier molecular flexibility index (Phi) is 5.44. The highest BCUT2D eigenvalue weighted by Crippen LogP contribution is 2.38. The topological polar surface area (TPSA) is 105 Å². The molecule has 3 N–H and O–H groups in total. The second kappa shape index (κ2) is 8.16. The van der Waals surface area contributed by atoms with E-state index in [2.05, 4.69) is 15.0 Å². The van der Waals surface area contributed by atoms with E-state index in [4.69, 9.17) is 5.73 Å². The van der Waals surface area contributed by atoms with Gasteiger partial charge in [-0.1, -0.05) is 42.7 Å². The maximum absolute atomic E-state index is 12.9. The number of hydrogen-bond acceptors (Lipinski definition) is 6. The number of amides is 1. The summed E-state index contributed by atoms with van der Waals surface area (Å²) in [4.78, 5) is 37.9. The van der Waals surface area contributed by atoms with Crippen molar-refractivity contribution < 1.29 is 4.79 Å². The number of aromatic amines is 1. The molecule has 0 aliphatic heterocycles. The van der Waals surface area contributed by atoms with Gasteiger partial charge in [0.1, 0.15) is 0 Å². The van der Waals surface area contributed by atoms with E-state index >= 15 is 0 Å². The van der Waals surface area contributed by atoms with Crippen LogP contribution in [0, 0.1) is 5.92 Å². The summed E-state index contributed by atoms with van der Waals surface area (Å²) in [6.45, 7) is 0. The van der Waals surface area contributed by atoms with E-state index < -0.39 is 5.69 Å². The lowest BCUT2D eigenvalue weighted by Crippen LogP contribution is -2.33. The van der Waals surface area contributed by atoms with Crippen LogP contribution in [0.5, 0.6) is 0 Å². The first-order chi connectivity index (χ1) is 14.0. The van der Waals surface area contributed by atoms with Gasteiger partial charge in [0.25, 0.3) is 0 Å². The molecule has 1 aromatic carbocycles. The van der Waals surface area contributed by atoms with Gasteiger partial charge in [0.2, 0.25) is 5.91 Å². The van der Waals surface area contributed by atoms with Gasteiger partial charge in [0.15, 0.2) is 5.13 Å². The molecule has 1 saturated carbocycles. The molecule has 0 saturated heterocycles. The first-order valence-corrected chi connectivity index (χ1v) is 10.5. The van der Waals surface area contributed by atoms with Crippen molar-refractivity contribution in [2.24, 2.45) is 5.92 Å². The number of rotatable bonds is 4. The van der Waals surface area contributed by atoms with Crippen molar-refractivity contribution in [1.82, 2.24) is 15.0 Å². The zero-order valence-electron chi connectivity index (χ0n) is 16.2. The predicted molar refractivity (Wildman–Crippen MR) is 116 cm³/mol. The summed E-state index contributed by atoms with van der Waals surface area (Å²) >= 11 is 1.30. The number of hydrogen-bond donors (Lipinski definition) is 2. The van der Waals surface area contributed by atoms with Crippen molar-refractivity contribution >= 4 is 28.1 Å². The fourth-order valence-corrected chi connectivity index (χ4v) is 4.66. The number of nitrogen functional groups attached to an aromatic ring is 1. The summed E-state index contributed by atoms with van der Waals surface area (Å²) in [7, 11) is 1.83. The smallest absolute Gasteiger partial charge is 0.345 e. The second-order valence-corrected chi connectivity index (χ2v) is 8.33. The number of aromatic nitrogens is 3. The van der Waals surface area contributed by atoms with Gasteiger partial charge in [-0.25, -0.2) is 14.8 Å². The first-order valence-electron chi connectivity index (χ1n) is 9.73. The Balaban J connectivity index is 1.67. The summed E-state index contributed by atoms with van der Waals surface area (Å²) in [6, 6.07) is 9.43. The minimum absolute atomic E-state index is 0.102. The zero-order chi connectivity index (χ0) is 20.4. The van der Waals surface area contributed by atoms with Gasteiger partial charge in [0.05, 0.1) is 16.3 Å². The SMILES string of the molecule is CN(C(=O)C1CCCCC1)c1cccc(-c2nc(N)sc2-c2ccnc(=O)[nH]2)c1. The molecular weight excluding hydrogens is 386 g/mol. The monoisotopic (exact) mass is 409 g/mol. The maximum Gasteiger partial charge on any atom is 0.345 e. The van der Waals surface area contributed by atoms with Crippen molar-refractivity contribution in [3.63, 3.8) is 0 Å². The average molecular weight is 410 g/mol. The van der Waals surface area contributed by atoms with Crippen molar-refractivity contribution in [3.8, 4) is 21.8 Å². The molecule has 0 unspecified atom stereocenters. The molecule has 3 aromatic rings. The number of benzene rings is 1. The predicted octanol–water partition coefficient (Wildman–Crippen LogP) is 3.69. The zero-order valence-corrected chi connectivity index (χ0v) is 17.0. The van der Waals surface area contributed by atoms with Gasteiger partial charge in [0, 0.05) is 30.4 Å². The number of anilines is 2. The van der Waals surface area contributed by atoms with Crippen LogP contribution in [-0.4, -0.2) is 27.9 Å². The number of nitrogens with zero attached hydrogens (tertiary/aromatic N) is 3. The number of thiazole rings is 1. The Hall–Kier alpha value is -3.00. The van der Waals surface area contributed by atoms with Gasteiger partial charge in [-0.2, -0.15) is 0 Å². The molecule has 1 fully saturated rings. The van der Waals surface area contributed by atoms with Crippen LogP contribution in [0.4, 0.5) is 10.8 Å². The maximum atomic E-state index is 12.9. The molecule has 2 heterocycles. The number of nitrogens with two attached hydrogens (primary N) is 1. The second-order valence-electron chi connectivity index (χ2n) is 7.30. The third-order valence-corrected chi connectivity index (χ3v) is 6.27. The molecule has 0 atom stereocenters. The first kappa shape index (κ1) is 19.3. The van der Waals surface area contributed by atoms with E-state index in [0.29, 0.717) is 16.5 Å². The fraction of sp³-hybridized carbons (Fsp3) is 0.333. The Labute approximate surface area is 172 Å². The van der Waals surface area contributed by atoms with Crippen molar-refractivity contribution in [2.75, 3.05) is 17.7 Å². The van der Waals surface area contributed by atoms with Crippen LogP contribution in [-0.2, 0) is 4.79 Å². The highest BCUT2D eigenvalue weighted by atomic mass is 32.1. The molecule has 4 rings (SSSR count). The van der Waals surface area contributed by atoms with Crippen LogP contribution in [0.2, 0.25) is 0 Å². The lowest BCUT2D eigenvalue weighted by Gasteiger charge is -2.26. The Morgan fingerprint density at radius 1 is 1.24 bits per heavy atom. The minimum atomic E-state index is -0.424. The Bertz CT molecular complexity index is 1080. The summed E-state index contributed by atoms with van der Waals surface area (Å²) in [5, 5.41) is 0.407. The summed E-state index contributed by atoms with van der Waals surface area (Å²) in [5.74, 6) is 0.267. The van der Waals surface area contributed by atoms with E-state index in [1.165, 1.54) is 24.0 Å². The highest BCUT2D eigenvalue weighted by Gasteiger charge is 2.25. The van der Waals surface area contributed by atoms with E-state index in [-0.39, 0.29) is 11.8 Å². The molecule has 0 bridgehead atoms. The highest BCUT2D eigenvalue weighted by molar-refractivity contribution is 7.19. The lowest BCUT2D eigenvalue weighted by atomic mass is 9.88. The standard InChI is InChI=1S/C21H23N5O2S/c1-26(19(27)13-6-3-2-4-7-13)15-9-5-8-14(12-15)17-18(29-20(22)25-17)16-10-11-23-21(28)24-16/h5,8-13H,2-4,6-7H2,1H3,(H2,22,25)(H,23,24,28). The van der Waals surface area contributed by atoms with E-state index in [9.17, 15) is 9.59 Å². The molecule has 0 radical (unpaired) electrons. The van der Waals surface area contributed by atoms with Gasteiger partial charge in [-0.3, -0.25) is 4.79 Å². The van der Waals surface area contributed by atoms with Crippen molar-refractivity contribution in [1.29, 1.82) is 0 Å². The van der Waals surface area contributed by atoms with Crippen LogP contribution >= 0.6 is 11.3 Å². The molecule has 150 valence electrons. The lowest BCUT2D eigenvalue weighted by molar-refractivity contribution is -0.123. The van der Waals surface area contributed by atoms with E-state index in [1.54, 1.807) is 11.0 Å². The van der Waals surface area contributed by atoms with Crippen LogP contribution in [0.25, 0.3) is 21.8 Å². The molecule has 29 heavy (non-hydrogen) atoms. The van der Waals surface area contributed by atoms with Crippen LogP contribution < -0.4 is 16.3 Å². The number of H-pyrrole nitrogens is 1. The molecule has 1 aliphatic rings. The Morgan fingerprint density at radius 2 is 2.03 bits per heavy atom. The third kappa shape index (κ3) is 4.07. The normalized spacial score (nSPS) is 14.7. The number of nitrogens with one attached hydrogen (secondary N) is 1. The molecule has 8 heteroatoms. The minimum Gasteiger partial charge on any atom is -0.375 e. The molecule has 1 amide bonds. The van der Waals surface area contributed by atoms with Crippen LogP contribution in [0.15, 0.2) is 41.3 Å². The largest absolute Gasteiger partial charge is 0.375 e. The summed E-state index contributed by atoms with van der Waals surface area (Å²) in [5.41, 5.74) is 8.50. The molecule has 0 spiro atoms. The molecule has 2 aromatic heterocycles. The quantitative estimate of drug-likeness (QED) is 0.684. The Morgan fingerprint density at radius 3 is 2.79 bits per heavy atom. The third-order valence-electron chi connectivity index (χ3n) is 5.35. The van der Waals surface area contributed by atoms with Crippen LogP contribution in [0.1, 0.15) is 32.1 Å².